The van der Waals surface area contributed by atoms with Crippen LogP contribution in [0.25, 0.3) is 0 Å². The van der Waals surface area contributed by atoms with Crippen LogP contribution in [0, 0.1) is 11.3 Å². The van der Waals surface area contributed by atoms with E-state index in [1.165, 1.54) is 12.8 Å². The zero-order valence-corrected chi connectivity index (χ0v) is 13.0. The molecule has 0 bridgehead atoms. The van der Waals surface area contributed by atoms with E-state index in [0.29, 0.717) is 23.9 Å². The van der Waals surface area contributed by atoms with Gasteiger partial charge in [0.25, 0.3) is 0 Å². The lowest BCUT2D eigenvalue weighted by atomic mass is 9.77. The molecule has 2 unspecified atom stereocenters. The van der Waals surface area contributed by atoms with Crippen LogP contribution in [0.5, 0.6) is 0 Å². The van der Waals surface area contributed by atoms with Gasteiger partial charge in [0.1, 0.15) is 0 Å². The molecule has 1 heterocycles. The van der Waals surface area contributed by atoms with E-state index in [9.17, 15) is 4.79 Å². The van der Waals surface area contributed by atoms with E-state index < -0.39 is 0 Å². The molecule has 19 heavy (non-hydrogen) atoms. The topological polar surface area (TPSA) is 32.3 Å². The highest BCUT2D eigenvalue weighted by molar-refractivity contribution is 5.83. The number of hydrogen-bond acceptors (Lipinski definition) is 2. The summed E-state index contributed by atoms with van der Waals surface area (Å²) in [5.74, 6) is 1.05. The molecule has 1 aliphatic carbocycles. The third-order valence-corrected chi connectivity index (χ3v) is 4.84. The summed E-state index contributed by atoms with van der Waals surface area (Å²) in [7, 11) is 0. The van der Waals surface area contributed by atoms with Gasteiger partial charge in [-0.2, -0.15) is 0 Å². The zero-order valence-electron chi connectivity index (χ0n) is 13.0. The van der Waals surface area contributed by atoms with Crippen molar-refractivity contribution in [3.05, 3.63) is 0 Å². The largest absolute Gasteiger partial charge is 0.337 e. The Labute approximate surface area is 118 Å². The monoisotopic (exact) mass is 266 g/mol. The fraction of sp³-hybridized carbons (Fsp3) is 0.938. The molecule has 1 saturated carbocycles. The second-order valence-electron chi connectivity index (χ2n) is 7.20. The molecule has 110 valence electrons. The van der Waals surface area contributed by atoms with Gasteiger partial charge >= 0.3 is 0 Å². The Morgan fingerprint density at radius 1 is 1.32 bits per heavy atom. The maximum atomic E-state index is 13.1. The highest BCUT2D eigenvalue weighted by Gasteiger charge is 2.45. The van der Waals surface area contributed by atoms with Crippen molar-refractivity contribution in [1.82, 2.24) is 10.2 Å². The molecule has 0 aromatic carbocycles. The molecule has 2 fully saturated rings. The van der Waals surface area contributed by atoms with E-state index >= 15 is 0 Å². The third-order valence-electron chi connectivity index (χ3n) is 4.84. The Morgan fingerprint density at radius 3 is 2.53 bits per heavy atom. The van der Waals surface area contributed by atoms with Crippen molar-refractivity contribution in [2.24, 2.45) is 11.3 Å². The second kappa shape index (κ2) is 5.82. The normalized spacial score (nSPS) is 30.9. The van der Waals surface area contributed by atoms with E-state index in [4.69, 9.17) is 0 Å². The van der Waals surface area contributed by atoms with E-state index in [1.54, 1.807) is 0 Å². The Hall–Kier alpha value is -0.570. The molecule has 0 radical (unpaired) electrons. The molecule has 2 atom stereocenters. The molecule has 2 rings (SSSR count). The minimum absolute atomic E-state index is 0.0422. The summed E-state index contributed by atoms with van der Waals surface area (Å²) < 4.78 is 0. The van der Waals surface area contributed by atoms with E-state index in [1.807, 2.05) is 0 Å². The van der Waals surface area contributed by atoms with Crippen LogP contribution in [0.15, 0.2) is 0 Å². The van der Waals surface area contributed by atoms with E-state index in [2.05, 4.69) is 37.9 Å². The minimum atomic E-state index is -0.0422. The van der Waals surface area contributed by atoms with Crippen molar-refractivity contribution < 1.29 is 4.79 Å². The lowest BCUT2D eigenvalue weighted by molar-refractivity contribution is -0.146. The van der Waals surface area contributed by atoms with E-state index in [-0.39, 0.29) is 5.41 Å². The summed E-state index contributed by atoms with van der Waals surface area (Å²) in [6, 6.07) is 0.769. The van der Waals surface area contributed by atoms with Gasteiger partial charge < -0.3 is 10.2 Å². The minimum Gasteiger partial charge on any atom is -0.337 e. The first-order valence-electron chi connectivity index (χ1n) is 7.99. The molecule has 1 saturated heterocycles. The summed E-state index contributed by atoms with van der Waals surface area (Å²) >= 11 is 0. The standard InChI is InChI=1S/C16H30N2O/c1-12(2)9-16(7-5-6-8-16)15(19)18-11-13(3)17-10-14(18)4/h12-14,17H,5-11H2,1-4H3. The predicted molar refractivity (Wildman–Crippen MR) is 79.0 cm³/mol. The van der Waals surface area contributed by atoms with Gasteiger partial charge in [0.15, 0.2) is 0 Å². The molecule has 3 heteroatoms. The first-order chi connectivity index (χ1) is 8.94. The molecule has 1 amide bonds. The van der Waals surface area contributed by atoms with Crippen LogP contribution in [0.3, 0.4) is 0 Å². The van der Waals surface area contributed by atoms with Crippen LogP contribution in [0.4, 0.5) is 0 Å². The van der Waals surface area contributed by atoms with Crippen molar-refractivity contribution >= 4 is 5.91 Å². The summed E-state index contributed by atoms with van der Waals surface area (Å²) in [5, 5.41) is 3.47. The zero-order chi connectivity index (χ0) is 14.0. The Bertz CT molecular complexity index is 321. The first kappa shape index (κ1) is 14.8. The average molecular weight is 266 g/mol. The van der Waals surface area contributed by atoms with Crippen molar-refractivity contribution in [2.75, 3.05) is 13.1 Å². The molecular weight excluding hydrogens is 236 g/mol. The van der Waals surface area contributed by atoms with Gasteiger partial charge in [-0.3, -0.25) is 4.79 Å². The molecule has 3 nitrogen and oxygen atoms in total. The average Bonchev–Trinajstić information content (AvgIpc) is 2.80. The predicted octanol–water partition coefficient (Wildman–Crippen LogP) is 2.80. The highest BCUT2D eigenvalue weighted by atomic mass is 16.2. The van der Waals surface area contributed by atoms with Crippen molar-refractivity contribution in [3.63, 3.8) is 0 Å². The molecule has 0 spiro atoms. The van der Waals surface area contributed by atoms with Gasteiger partial charge in [-0.15, -0.1) is 0 Å². The molecule has 0 aromatic rings. The Kier molecular flexibility index (Phi) is 4.54. The van der Waals surface area contributed by atoms with Crippen LogP contribution in [0.2, 0.25) is 0 Å². The van der Waals surface area contributed by atoms with Gasteiger partial charge in [-0.1, -0.05) is 26.7 Å². The Balaban J connectivity index is 2.14. The number of hydrogen-bond donors (Lipinski definition) is 1. The summed E-state index contributed by atoms with van der Waals surface area (Å²) in [4.78, 5) is 15.3. The highest BCUT2D eigenvalue weighted by Crippen LogP contribution is 2.45. The van der Waals surface area contributed by atoms with Gasteiger partial charge in [-0.05, 0) is 39.0 Å². The number of nitrogens with one attached hydrogen (secondary N) is 1. The van der Waals surface area contributed by atoms with Gasteiger partial charge in [-0.25, -0.2) is 0 Å². The first-order valence-corrected chi connectivity index (χ1v) is 7.99. The number of carbonyl (C=O) groups excluding carboxylic acids is 1. The summed E-state index contributed by atoms with van der Waals surface area (Å²) in [5.41, 5.74) is -0.0422. The van der Waals surface area contributed by atoms with Crippen molar-refractivity contribution in [1.29, 1.82) is 0 Å². The molecular formula is C16H30N2O. The summed E-state index contributed by atoms with van der Waals surface area (Å²) in [6.07, 6.45) is 5.74. The number of piperazine rings is 1. The molecule has 1 N–H and O–H groups in total. The molecule has 2 aliphatic rings. The third kappa shape index (κ3) is 3.13. The number of nitrogens with zero attached hydrogens (tertiary/aromatic N) is 1. The van der Waals surface area contributed by atoms with Gasteiger partial charge in [0, 0.05) is 30.6 Å². The fourth-order valence-electron chi connectivity index (χ4n) is 3.95. The smallest absolute Gasteiger partial charge is 0.229 e. The van der Waals surface area contributed by atoms with Gasteiger partial charge in [0.05, 0.1) is 0 Å². The molecule has 0 aromatic heterocycles. The van der Waals surface area contributed by atoms with E-state index in [0.717, 1.165) is 32.4 Å². The van der Waals surface area contributed by atoms with Gasteiger partial charge in [0.2, 0.25) is 5.91 Å². The van der Waals surface area contributed by atoms with Crippen LogP contribution in [-0.2, 0) is 4.79 Å². The second-order valence-corrected chi connectivity index (χ2v) is 7.20. The van der Waals surface area contributed by atoms with Crippen LogP contribution in [-0.4, -0.2) is 36.0 Å². The number of amides is 1. The quantitative estimate of drug-likeness (QED) is 0.852. The van der Waals surface area contributed by atoms with Crippen LogP contribution < -0.4 is 5.32 Å². The Morgan fingerprint density at radius 2 is 1.95 bits per heavy atom. The van der Waals surface area contributed by atoms with Crippen molar-refractivity contribution in [3.8, 4) is 0 Å². The lowest BCUT2D eigenvalue weighted by Gasteiger charge is -2.43. The fourth-order valence-corrected chi connectivity index (χ4v) is 3.95. The van der Waals surface area contributed by atoms with Crippen molar-refractivity contribution in [2.45, 2.75) is 71.9 Å². The van der Waals surface area contributed by atoms with Crippen LogP contribution in [0.1, 0.15) is 59.8 Å². The number of carbonyl (C=O) groups is 1. The SMILES string of the molecule is CC(C)CC1(C(=O)N2CC(C)NCC2C)CCCC1. The molecule has 1 aliphatic heterocycles. The van der Waals surface area contributed by atoms with Crippen LogP contribution >= 0.6 is 0 Å². The lowest BCUT2D eigenvalue weighted by Crippen LogP contribution is -2.59. The maximum absolute atomic E-state index is 13.1. The number of rotatable bonds is 3. The maximum Gasteiger partial charge on any atom is 0.229 e. The summed E-state index contributed by atoms with van der Waals surface area (Å²) in [6.45, 7) is 10.7.